The van der Waals surface area contributed by atoms with E-state index in [-0.39, 0.29) is 24.0 Å². The molecule has 2 saturated heterocycles. The lowest BCUT2D eigenvalue weighted by atomic mass is 9.98. The van der Waals surface area contributed by atoms with E-state index in [0.29, 0.717) is 12.6 Å². The predicted octanol–water partition coefficient (Wildman–Crippen LogP) is 3.31. The average molecular weight is 544 g/mol. The van der Waals surface area contributed by atoms with Gasteiger partial charge < -0.3 is 15.4 Å². The van der Waals surface area contributed by atoms with Gasteiger partial charge in [0.25, 0.3) is 0 Å². The highest BCUT2D eigenvalue weighted by Crippen LogP contribution is 2.20. The molecular formula is C24H42IN5O. The van der Waals surface area contributed by atoms with E-state index in [1.54, 1.807) is 0 Å². The second-order valence-corrected chi connectivity index (χ2v) is 8.80. The molecule has 1 atom stereocenters. The fourth-order valence-electron chi connectivity index (χ4n) is 4.22. The van der Waals surface area contributed by atoms with E-state index in [1.165, 1.54) is 37.1 Å². The van der Waals surface area contributed by atoms with Gasteiger partial charge in [-0.25, -0.2) is 4.99 Å². The third-order valence-corrected chi connectivity index (χ3v) is 6.37. The molecule has 3 rings (SSSR count). The van der Waals surface area contributed by atoms with Crippen molar-refractivity contribution < 1.29 is 4.74 Å². The van der Waals surface area contributed by atoms with Gasteiger partial charge in [-0.2, -0.15) is 0 Å². The van der Waals surface area contributed by atoms with Crippen molar-refractivity contribution in [3.63, 3.8) is 0 Å². The molecule has 1 unspecified atom stereocenters. The molecule has 31 heavy (non-hydrogen) atoms. The van der Waals surface area contributed by atoms with Crippen molar-refractivity contribution in [3.8, 4) is 0 Å². The van der Waals surface area contributed by atoms with Crippen LogP contribution in [0.1, 0.15) is 44.7 Å². The molecule has 2 N–H and O–H groups in total. The van der Waals surface area contributed by atoms with Crippen LogP contribution in [0.5, 0.6) is 0 Å². The maximum atomic E-state index is 5.47. The topological polar surface area (TPSA) is 52.1 Å². The van der Waals surface area contributed by atoms with Gasteiger partial charge in [-0.1, -0.05) is 31.2 Å². The average Bonchev–Trinajstić information content (AvgIpc) is 2.78. The van der Waals surface area contributed by atoms with Gasteiger partial charge in [0.05, 0.1) is 19.8 Å². The Kier molecular flexibility index (Phi) is 12.1. The molecule has 0 saturated carbocycles. The summed E-state index contributed by atoms with van der Waals surface area (Å²) in [6, 6.07) is 9.25. The van der Waals surface area contributed by atoms with Gasteiger partial charge in [-0.15, -0.1) is 24.0 Å². The normalized spacial score (nSPS) is 20.2. The second kappa shape index (κ2) is 14.3. The summed E-state index contributed by atoms with van der Waals surface area (Å²) in [6.45, 7) is 16.4. The molecule has 2 heterocycles. The first kappa shape index (κ1) is 26.4. The minimum atomic E-state index is 0. The molecule has 2 fully saturated rings. The molecule has 0 spiro atoms. The zero-order valence-corrected chi connectivity index (χ0v) is 21.9. The lowest BCUT2D eigenvalue weighted by Crippen LogP contribution is -2.49. The fourth-order valence-corrected chi connectivity index (χ4v) is 4.22. The largest absolute Gasteiger partial charge is 0.379 e. The predicted molar refractivity (Wildman–Crippen MR) is 140 cm³/mol. The summed E-state index contributed by atoms with van der Waals surface area (Å²) in [5.41, 5.74) is 2.74. The number of guanidine groups is 1. The molecule has 0 aromatic heterocycles. The van der Waals surface area contributed by atoms with Crippen molar-refractivity contribution in [1.82, 2.24) is 20.4 Å². The van der Waals surface area contributed by atoms with E-state index in [2.05, 4.69) is 65.5 Å². The number of halogens is 1. The summed E-state index contributed by atoms with van der Waals surface area (Å²) in [5.74, 6) is 1.77. The van der Waals surface area contributed by atoms with Crippen LogP contribution in [0.4, 0.5) is 0 Å². The maximum absolute atomic E-state index is 5.47. The molecule has 1 aromatic rings. The number of rotatable bonds is 8. The summed E-state index contributed by atoms with van der Waals surface area (Å²) < 4.78 is 5.47. The van der Waals surface area contributed by atoms with Crippen LogP contribution in [0.15, 0.2) is 29.3 Å². The van der Waals surface area contributed by atoms with Crippen LogP contribution in [-0.2, 0) is 17.8 Å². The molecule has 0 aliphatic carbocycles. The standard InChI is InChI=1S/C24H41N5O.HI/c1-4-25-24(26-17-21(3)29-13-15-30-16-14-29)27-18-22-7-5-6-8-23(22)19-28-11-9-20(2)10-12-28;/h5-8,20-21H,4,9-19H2,1-3H3,(H2,25,26,27);1H. The minimum Gasteiger partial charge on any atom is -0.379 e. The molecule has 0 radical (unpaired) electrons. The Morgan fingerprint density at radius 3 is 2.45 bits per heavy atom. The molecule has 2 aliphatic heterocycles. The van der Waals surface area contributed by atoms with E-state index >= 15 is 0 Å². The first-order valence-corrected chi connectivity index (χ1v) is 11.8. The van der Waals surface area contributed by atoms with E-state index in [9.17, 15) is 0 Å². The van der Waals surface area contributed by atoms with Gasteiger partial charge in [-0.05, 0) is 56.8 Å². The summed E-state index contributed by atoms with van der Waals surface area (Å²) >= 11 is 0. The maximum Gasteiger partial charge on any atom is 0.191 e. The molecule has 2 aliphatic rings. The Bertz CT molecular complexity index is 657. The molecule has 6 nitrogen and oxygen atoms in total. The summed E-state index contributed by atoms with van der Waals surface area (Å²) in [5, 5.41) is 6.94. The van der Waals surface area contributed by atoms with Gasteiger partial charge in [0.1, 0.15) is 0 Å². The first-order chi connectivity index (χ1) is 14.7. The summed E-state index contributed by atoms with van der Waals surface area (Å²) in [4.78, 5) is 9.97. The molecule has 1 aromatic carbocycles. The lowest BCUT2D eigenvalue weighted by molar-refractivity contribution is 0.0211. The lowest BCUT2D eigenvalue weighted by Gasteiger charge is -2.32. The Labute approximate surface area is 206 Å². The highest BCUT2D eigenvalue weighted by molar-refractivity contribution is 14.0. The van der Waals surface area contributed by atoms with Crippen LogP contribution in [-0.4, -0.2) is 74.3 Å². The van der Waals surface area contributed by atoms with Crippen molar-refractivity contribution in [2.45, 2.75) is 52.7 Å². The SMILES string of the molecule is CCNC(=NCc1ccccc1CN1CCC(C)CC1)NCC(C)N1CCOCC1.I. The monoisotopic (exact) mass is 543 g/mol. The second-order valence-electron chi connectivity index (χ2n) is 8.80. The number of benzene rings is 1. The van der Waals surface area contributed by atoms with Crippen LogP contribution in [0.25, 0.3) is 0 Å². The number of aliphatic imine (C=N–C) groups is 1. The van der Waals surface area contributed by atoms with Crippen LogP contribution >= 0.6 is 24.0 Å². The van der Waals surface area contributed by atoms with Crippen molar-refractivity contribution in [3.05, 3.63) is 35.4 Å². The number of nitrogens with zero attached hydrogens (tertiary/aromatic N) is 3. The van der Waals surface area contributed by atoms with Crippen molar-refractivity contribution in [1.29, 1.82) is 0 Å². The number of nitrogens with one attached hydrogen (secondary N) is 2. The first-order valence-electron chi connectivity index (χ1n) is 11.8. The van der Waals surface area contributed by atoms with E-state index in [1.807, 2.05) is 0 Å². The number of hydrogen-bond acceptors (Lipinski definition) is 4. The Hall–Kier alpha value is -0.900. The molecule has 176 valence electrons. The van der Waals surface area contributed by atoms with E-state index in [0.717, 1.165) is 57.8 Å². The van der Waals surface area contributed by atoms with Crippen LogP contribution in [0, 0.1) is 5.92 Å². The Morgan fingerprint density at radius 1 is 1.10 bits per heavy atom. The molecular weight excluding hydrogens is 501 g/mol. The zero-order chi connectivity index (χ0) is 21.2. The van der Waals surface area contributed by atoms with E-state index in [4.69, 9.17) is 9.73 Å². The van der Waals surface area contributed by atoms with Crippen molar-refractivity contribution in [2.75, 3.05) is 52.5 Å². The summed E-state index contributed by atoms with van der Waals surface area (Å²) in [7, 11) is 0. The highest BCUT2D eigenvalue weighted by Gasteiger charge is 2.18. The van der Waals surface area contributed by atoms with Gasteiger partial charge in [0.15, 0.2) is 5.96 Å². The third-order valence-electron chi connectivity index (χ3n) is 6.37. The Balaban J connectivity index is 0.00000341. The number of morpholine rings is 1. The number of piperidine rings is 1. The third kappa shape index (κ3) is 8.86. The molecule has 7 heteroatoms. The quantitative estimate of drug-likeness (QED) is 0.300. The molecule has 0 amide bonds. The van der Waals surface area contributed by atoms with Crippen LogP contribution in [0.3, 0.4) is 0 Å². The zero-order valence-electron chi connectivity index (χ0n) is 19.6. The number of likely N-dealkylation sites (tertiary alicyclic amines) is 1. The smallest absolute Gasteiger partial charge is 0.191 e. The Morgan fingerprint density at radius 2 is 1.77 bits per heavy atom. The van der Waals surface area contributed by atoms with Gasteiger partial charge in [-0.3, -0.25) is 9.80 Å². The number of ether oxygens (including phenoxy) is 1. The van der Waals surface area contributed by atoms with E-state index < -0.39 is 0 Å². The van der Waals surface area contributed by atoms with Crippen LogP contribution in [0.2, 0.25) is 0 Å². The number of hydrogen-bond donors (Lipinski definition) is 2. The van der Waals surface area contributed by atoms with Gasteiger partial charge >= 0.3 is 0 Å². The van der Waals surface area contributed by atoms with Crippen molar-refractivity contribution >= 4 is 29.9 Å². The molecule has 0 bridgehead atoms. The van der Waals surface area contributed by atoms with Gasteiger partial charge in [0, 0.05) is 38.8 Å². The summed E-state index contributed by atoms with van der Waals surface area (Å²) in [6.07, 6.45) is 2.63. The fraction of sp³-hybridized carbons (Fsp3) is 0.708. The highest BCUT2D eigenvalue weighted by atomic mass is 127. The van der Waals surface area contributed by atoms with Crippen LogP contribution < -0.4 is 10.6 Å². The van der Waals surface area contributed by atoms with Gasteiger partial charge in [0.2, 0.25) is 0 Å². The van der Waals surface area contributed by atoms with Crippen molar-refractivity contribution in [2.24, 2.45) is 10.9 Å². The minimum absolute atomic E-state index is 0.